The highest BCUT2D eigenvalue weighted by Gasteiger charge is 2.05. The van der Waals surface area contributed by atoms with Crippen molar-refractivity contribution < 1.29 is 4.42 Å². The number of nitrogens with zero attached hydrogens (tertiary/aromatic N) is 2. The lowest BCUT2D eigenvalue weighted by molar-refractivity contribution is 0.432. The van der Waals surface area contributed by atoms with Gasteiger partial charge in [-0.3, -0.25) is 4.68 Å². The summed E-state index contributed by atoms with van der Waals surface area (Å²) in [6.45, 7) is 4.44. The first kappa shape index (κ1) is 13.6. The van der Waals surface area contributed by atoms with Gasteiger partial charge in [-0.2, -0.15) is 5.10 Å². The summed E-state index contributed by atoms with van der Waals surface area (Å²) in [5.74, 6) is 1.88. The third-order valence-corrected chi connectivity index (χ3v) is 3.32. The quantitative estimate of drug-likeness (QED) is 0.754. The first-order chi connectivity index (χ1) is 10.3. The Morgan fingerprint density at radius 2 is 1.86 bits per heavy atom. The van der Waals surface area contributed by atoms with Gasteiger partial charge in [0.05, 0.1) is 19.3 Å². The Balaban J connectivity index is 1.68. The Morgan fingerprint density at radius 1 is 1.05 bits per heavy atom. The number of hydrogen-bond donors (Lipinski definition) is 1. The zero-order valence-corrected chi connectivity index (χ0v) is 12.1. The van der Waals surface area contributed by atoms with Crippen LogP contribution in [0, 0.1) is 0 Å². The Kier molecular flexibility index (Phi) is 4.17. The predicted molar refractivity (Wildman–Crippen MR) is 82.9 cm³/mol. The summed E-state index contributed by atoms with van der Waals surface area (Å²) in [5, 5.41) is 7.65. The van der Waals surface area contributed by atoms with Crippen LogP contribution in [0.1, 0.15) is 18.4 Å². The van der Waals surface area contributed by atoms with Crippen molar-refractivity contribution in [1.29, 1.82) is 0 Å². The Hall–Kier alpha value is -2.33. The van der Waals surface area contributed by atoms with Gasteiger partial charge in [-0.15, -0.1) is 0 Å². The van der Waals surface area contributed by atoms with Crippen molar-refractivity contribution in [3.8, 4) is 11.1 Å². The summed E-state index contributed by atoms with van der Waals surface area (Å²) in [6, 6.07) is 14.3. The van der Waals surface area contributed by atoms with Crippen LogP contribution in [-0.4, -0.2) is 16.3 Å². The fourth-order valence-corrected chi connectivity index (χ4v) is 2.24. The van der Waals surface area contributed by atoms with Crippen molar-refractivity contribution in [2.24, 2.45) is 0 Å². The molecule has 0 saturated heterocycles. The third kappa shape index (κ3) is 3.41. The molecule has 0 aliphatic rings. The average Bonchev–Trinajstić information content (AvgIpc) is 3.16. The highest BCUT2D eigenvalue weighted by molar-refractivity contribution is 5.61. The van der Waals surface area contributed by atoms with Crippen LogP contribution in [0.2, 0.25) is 0 Å². The van der Waals surface area contributed by atoms with Gasteiger partial charge < -0.3 is 9.73 Å². The van der Waals surface area contributed by atoms with Gasteiger partial charge in [0.25, 0.3) is 0 Å². The molecular formula is C17H19N3O. The number of nitrogens with one attached hydrogen (secondary N) is 1. The summed E-state index contributed by atoms with van der Waals surface area (Å²) in [4.78, 5) is 0. The molecule has 3 aromatic rings. The molecule has 0 atom stereocenters. The van der Waals surface area contributed by atoms with Crippen molar-refractivity contribution in [3.63, 3.8) is 0 Å². The van der Waals surface area contributed by atoms with Gasteiger partial charge in [-0.1, -0.05) is 37.3 Å². The van der Waals surface area contributed by atoms with Gasteiger partial charge in [-0.05, 0) is 24.2 Å². The molecule has 108 valence electrons. The SMILES string of the molecule is CCNCc1ccc(Cn2cc(-c3ccccc3)cn2)o1. The van der Waals surface area contributed by atoms with Gasteiger partial charge in [-0.25, -0.2) is 0 Å². The van der Waals surface area contributed by atoms with Crippen molar-refractivity contribution in [2.75, 3.05) is 6.54 Å². The molecule has 0 aliphatic heterocycles. The summed E-state index contributed by atoms with van der Waals surface area (Å²) < 4.78 is 7.68. The normalized spacial score (nSPS) is 10.9. The maximum Gasteiger partial charge on any atom is 0.125 e. The second-order valence-corrected chi connectivity index (χ2v) is 4.94. The number of hydrogen-bond acceptors (Lipinski definition) is 3. The van der Waals surface area contributed by atoms with E-state index in [0.29, 0.717) is 6.54 Å². The summed E-state index contributed by atoms with van der Waals surface area (Å²) >= 11 is 0. The van der Waals surface area contributed by atoms with Crippen LogP contribution in [0.25, 0.3) is 11.1 Å². The minimum Gasteiger partial charge on any atom is -0.463 e. The monoisotopic (exact) mass is 281 g/mol. The van der Waals surface area contributed by atoms with Crippen LogP contribution >= 0.6 is 0 Å². The molecule has 0 unspecified atom stereocenters. The van der Waals surface area contributed by atoms with Crippen molar-refractivity contribution in [3.05, 3.63) is 66.4 Å². The van der Waals surface area contributed by atoms with Gasteiger partial charge in [0.1, 0.15) is 11.5 Å². The minimum atomic E-state index is 0.652. The second-order valence-electron chi connectivity index (χ2n) is 4.94. The zero-order valence-electron chi connectivity index (χ0n) is 12.1. The number of benzene rings is 1. The van der Waals surface area contributed by atoms with E-state index in [1.165, 1.54) is 5.56 Å². The Labute approximate surface area is 124 Å². The van der Waals surface area contributed by atoms with Crippen LogP contribution in [0.4, 0.5) is 0 Å². The summed E-state index contributed by atoms with van der Waals surface area (Å²) in [5.41, 5.74) is 2.30. The smallest absolute Gasteiger partial charge is 0.125 e. The van der Waals surface area contributed by atoms with Gasteiger partial charge in [0.2, 0.25) is 0 Å². The number of furan rings is 1. The predicted octanol–water partition coefficient (Wildman–Crippen LogP) is 3.30. The number of aromatic nitrogens is 2. The van der Waals surface area contributed by atoms with Crippen molar-refractivity contribution >= 4 is 0 Å². The van der Waals surface area contributed by atoms with E-state index in [0.717, 1.165) is 30.2 Å². The van der Waals surface area contributed by atoms with E-state index < -0.39 is 0 Å². The van der Waals surface area contributed by atoms with E-state index >= 15 is 0 Å². The molecule has 4 heteroatoms. The highest BCUT2D eigenvalue weighted by atomic mass is 16.3. The topological polar surface area (TPSA) is 43.0 Å². The van der Waals surface area contributed by atoms with Crippen LogP contribution in [0.3, 0.4) is 0 Å². The molecule has 0 aliphatic carbocycles. The summed E-state index contributed by atoms with van der Waals surface area (Å²) in [7, 11) is 0. The molecule has 1 N–H and O–H groups in total. The standard InChI is InChI=1S/C17H19N3O/c1-2-18-11-16-8-9-17(21-16)13-20-12-15(10-19-20)14-6-4-3-5-7-14/h3-10,12,18H,2,11,13H2,1H3. The minimum absolute atomic E-state index is 0.652. The van der Waals surface area contributed by atoms with E-state index in [1.54, 1.807) is 0 Å². The molecule has 3 rings (SSSR count). The van der Waals surface area contributed by atoms with Crippen LogP contribution in [0.15, 0.2) is 59.3 Å². The van der Waals surface area contributed by atoms with Crippen LogP contribution in [-0.2, 0) is 13.1 Å². The molecule has 0 saturated carbocycles. The Morgan fingerprint density at radius 3 is 2.67 bits per heavy atom. The first-order valence-electron chi connectivity index (χ1n) is 7.21. The van der Waals surface area contributed by atoms with E-state index in [4.69, 9.17) is 4.42 Å². The molecule has 1 aromatic carbocycles. The average molecular weight is 281 g/mol. The van der Waals surface area contributed by atoms with Gasteiger partial charge >= 0.3 is 0 Å². The molecule has 0 amide bonds. The molecule has 21 heavy (non-hydrogen) atoms. The molecule has 0 fully saturated rings. The van der Waals surface area contributed by atoms with E-state index in [9.17, 15) is 0 Å². The van der Waals surface area contributed by atoms with E-state index in [2.05, 4.69) is 29.5 Å². The zero-order chi connectivity index (χ0) is 14.5. The van der Waals surface area contributed by atoms with E-state index in [-0.39, 0.29) is 0 Å². The lowest BCUT2D eigenvalue weighted by Gasteiger charge is -1.99. The van der Waals surface area contributed by atoms with Gasteiger partial charge in [0, 0.05) is 11.8 Å². The molecular weight excluding hydrogens is 262 g/mol. The highest BCUT2D eigenvalue weighted by Crippen LogP contribution is 2.18. The van der Waals surface area contributed by atoms with Crippen molar-refractivity contribution in [2.45, 2.75) is 20.0 Å². The Bertz CT molecular complexity index is 685. The van der Waals surface area contributed by atoms with Crippen molar-refractivity contribution in [1.82, 2.24) is 15.1 Å². The first-order valence-corrected chi connectivity index (χ1v) is 7.21. The molecule has 2 aromatic heterocycles. The van der Waals surface area contributed by atoms with E-state index in [1.807, 2.05) is 47.4 Å². The second kappa shape index (κ2) is 6.41. The van der Waals surface area contributed by atoms with Gasteiger partial charge in [0.15, 0.2) is 0 Å². The molecule has 0 bridgehead atoms. The number of rotatable bonds is 6. The lowest BCUT2D eigenvalue weighted by atomic mass is 10.1. The molecule has 4 nitrogen and oxygen atoms in total. The third-order valence-electron chi connectivity index (χ3n) is 3.32. The fourth-order valence-electron chi connectivity index (χ4n) is 2.24. The van der Waals surface area contributed by atoms with Crippen LogP contribution in [0.5, 0.6) is 0 Å². The largest absolute Gasteiger partial charge is 0.463 e. The molecule has 0 spiro atoms. The maximum atomic E-state index is 5.78. The fraction of sp³-hybridized carbons (Fsp3) is 0.235. The van der Waals surface area contributed by atoms with Crippen LogP contribution < -0.4 is 5.32 Å². The molecule has 2 heterocycles. The summed E-state index contributed by atoms with van der Waals surface area (Å²) in [6.07, 6.45) is 3.93. The lowest BCUT2D eigenvalue weighted by Crippen LogP contribution is -2.10. The molecule has 0 radical (unpaired) electrons. The maximum absolute atomic E-state index is 5.78.